The molecule has 3 amide bonds. The van der Waals surface area contributed by atoms with E-state index in [1.165, 1.54) is 4.90 Å². The first-order valence-corrected chi connectivity index (χ1v) is 9.98. The Balaban J connectivity index is 2.94. The highest BCUT2D eigenvalue weighted by Gasteiger charge is 2.40. The standard InChI is InChI=1S/C19H34N4O5/c1-6-11(4)15(19(27)28)22-17(25)13-8-7-9-23(13)18(26)14(10(2)3)21-16(24)12(5)20/h10-15H,6-9,20H2,1-5H3,(H,21,24)(H,22,25)(H,27,28)/p+1/t11-,12-,13-,14-,15-/m0/s1. The van der Waals surface area contributed by atoms with Gasteiger partial charge in [0.2, 0.25) is 11.8 Å². The highest BCUT2D eigenvalue weighted by Crippen LogP contribution is 2.21. The number of nitrogens with one attached hydrogen (secondary N) is 2. The number of likely N-dealkylation sites (tertiary alicyclic amines) is 1. The third-order valence-corrected chi connectivity index (χ3v) is 5.29. The Kier molecular flexibility index (Phi) is 8.87. The topological polar surface area (TPSA) is 143 Å². The minimum atomic E-state index is -1.09. The number of hydrogen-bond donors (Lipinski definition) is 4. The summed E-state index contributed by atoms with van der Waals surface area (Å²) in [6.07, 6.45) is 1.72. The molecule has 1 heterocycles. The molecule has 9 nitrogen and oxygen atoms in total. The summed E-state index contributed by atoms with van der Waals surface area (Å²) in [5, 5.41) is 14.7. The number of carbonyl (C=O) groups excluding carboxylic acids is 3. The normalized spacial score (nSPS) is 21.0. The number of aliphatic carboxylic acids is 1. The van der Waals surface area contributed by atoms with Gasteiger partial charge < -0.3 is 26.4 Å². The van der Waals surface area contributed by atoms with Crippen LogP contribution in [0.25, 0.3) is 0 Å². The average Bonchev–Trinajstić information content (AvgIpc) is 3.11. The molecule has 0 unspecified atom stereocenters. The Morgan fingerprint density at radius 1 is 1.11 bits per heavy atom. The number of carboxylic acid groups (broad SMARTS) is 1. The Labute approximate surface area is 166 Å². The van der Waals surface area contributed by atoms with Crippen molar-refractivity contribution in [1.29, 1.82) is 0 Å². The Morgan fingerprint density at radius 3 is 2.18 bits per heavy atom. The van der Waals surface area contributed by atoms with Gasteiger partial charge in [-0.05, 0) is 31.6 Å². The van der Waals surface area contributed by atoms with Crippen molar-refractivity contribution in [2.45, 2.75) is 78.0 Å². The van der Waals surface area contributed by atoms with Gasteiger partial charge in [0, 0.05) is 6.54 Å². The van der Waals surface area contributed by atoms with E-state index in [0.29, 0.717) is 25.8 Å². The van der Waals surface area contributed by atoms with Crippen molar-refractivity contribution in [3.8, 4) is 0 Å². The molecular weight excluding hydrogens is 364 g/mol. The molecule has 1 aliphatic heterocycles. The Hall–Kier alpha value is -2.16. The fraction of sp³-hybridized carbons (Fsp3) is 0.789. The summed E-state index contributed by atoms with van der Waals surface area (Å²) in [6.45, 7) is 9.32. The average molecular weight is 400 g/mol. The van der Waals surface area contributed by atoms with Crippen LogP contribution >= 0.6 is 0 Å². The first-order valence-electron chi connectivity index (χ1n) is 9.98. The summed E-state index contributed by atoms with van der Waals surface area (Å²) in [6, 6.07) is -2.98. The third kappa shape index (κ3) is 5.92. The van der Waals surface area contributed by atoms with E-state index in [0.717, 1.165) is 0 Å². The number of carbonyl (C=O) groups is 4. The first-order chi connectivity index (χ1) is 13.0. The van der Waals surface area contributed by atoms with Crippen molar-refractivity contribution in [3.05, 3.63) is 0 Å². The lowest BCUT2D eigenvalue weighted by Crippen LogP contribution is -2.68. The van der Waals surface area contributed by atoms with Crippen molar-refractivity contribution in [2.75, 3.05) is 6.54 Å². The van der Waals surface area contributed by atoms with E-state index in [1.807, 2.05) is 20.8 Å². The highest BCUT2D eigenvalue weighted by atomic mass is 16.4. The van der Waals surface area contributed by atoms with E-state index < -0.39 is 36.0 Å². The molecule has 160 valence electrons. The lowest BCUT2D eigenvalue weighted by molar-refractivity contribution is -0.398. The Bertz CT molecular complexity index is 593. The van der Waals surface area contributed by atoms with E-state index >= 15 is 0 Å². The predicted molar refractivity (Wildman–Crippen MR) is 103 cm³/mol. The van der Waals surface area contributed by atoms with Gasteiger partial charge in [-0.3, -0.25) is 14.4 Å². The van der Waals surface area contributed by atoms with Crippen molar-refractivity contribution in [3.63, 3.8) is 0 Å². The van der Waals surface area contributed by atoms with E-state index in [9.17, 15) is 24.3 Å². The second-order valence-electron chi connectivity index (χ2n) is 8.03. The van der Waals surface area contributed by atoms with E-state index in [2.05, 4.69) is 16.4 Å². The van der Waals surface area contributed by atoms with Gasteiger partial charge in [-0.1, -0.05) is 34.1 Å². The molecule has 9 heteroatoms. The second-order valence-corrected chi connectivity index (χ2v) is 8.03. The van der Waals surface area contributed by atoms with Crippen LogP contribution in [0.3, 0.4) is 0 Å². The molecule has 0 aromatic heterocycles. The largest absolute Gasteiger partial charge is 0.480 e. The molecule has 0 aliphatic carbocycles. The molecule has 1 fully saturated rings. The van der Waals surface area contributed by atoms with Crippen LogP contribution in [0.15, 0.2) is 0 Å². The van der Waals surface area contributed by atoms with Gasteiger partial charge >= 0.3 is 5.97 Å². The number of hydrogen-bond acceptors (Lipinski definition) is 4. The highest BCUT2D eigenvalue weighted by molar-refractivity contribution is 5.94. The molecular formula is C19H35N4O5+. The summed E-state index contributed by atoms with van der Waals surface area (Å²) < 4.78 is 0. The molecule has 0 spiro atoms. The maximum atomic E-state index is 13.1. The minimum Gasteiger partial charge on any atom is -0.480 e. The summed E-state index contributed by atoms with van der Waals surface area (Å²) in [5.41, 5.74) is 3.67. The third-order valence-electron chi connectivity index (χ3n) is 5.29. The predicted octanol–water partition coefficient (Wildman–Crippen LogP) is -0.636. The van der Waals surface area contributed by atoms with Crippen molar-refractivity contribution in [2.24, 2.45) is 11.8 Å². The monoisotopic (exact) mass is 399 g/mol. The minimum absolute atomic E-state index is 0.161. The summed E-state index contributed by atoms with van der Waals surface area (Å²) in [5.74, 6) is -2.58. The van der Waals surface area contributed by atoms with Gasteiger partial charge in [0.25, 0.3) is 5.91 Å². The molecule has 5 atom stereocenters. The van der Waals surface area contributed by atoms with Crippen molar-refractivity contribution >= 4 is 23.7 Å². The maximum Gasteiger partial charge on any atom is 0.326 e. The molecule has 1 aliphatic rings. The van der Waals surface area contributed by atoms with E-state index in [1.54, 1.807) is 13.8 Å². The van der Waals surface area contributed by atoms with E-state index in [-0.39, 0.29) is 23.7 Å². The zero-order valence-corrected chi connectivity index (χ0v) is 17.5. The van der Waals surface area contributed by atoms with Gasteiger partial charge in [-0.2, -0.15) is 0 Å². The number of amides is 3. The SMILES string of the molecule is CC[C@H](C)[C@H](NC(=O)[C@@H]1CCCN1C(=O)[C@@H](NC(=O)[C@H](C)[NH3+])C(C)C)C(=O)O. The van der Waals surface area contributed by atoms with Crippen LogP contribution in [0.1, 0.15) is 53.9 Å². The molecule has 1 rings (SSSR count). The van der Waals surface area contributed by atoms with Crippen LogP contribution in [0, 0.1) is 11.8 Å². The van der Waals surface area contributed by atoms with Crippen LogP contribution in [-0.4, -0.2) is 64.4 Å². The zero-order chi connectivity index (χ0) is 21.6. The Morgan fingerprint density at radius 2 is 1.71 bits per heavy atom. The van der Waals surface area contributed by atoms with Crippen LogP contribution in [-0.2, 0) is 19.2 Å². The van der Waals surface area contributed by atoms with Gasteiger partial charge in [0.15, 0.2) is 6.04 Å². The molecule has 1 saturated heterocycles. The van der Waals surface area contributed by atoms with Crippen LogP contribution < -0.4 is 16.4 Å². The number of nitrogens with zero attached hydrogens (tertiary/aromatic N) is 1. The number of rotatable bonds is 9. The van der Waals surface area contributed by atoms with E-state index in [4.69, 9.17) is 0 Å². The molecule has 0 saturated carbocycles. The van der Waals surface area contributed by atoms with Gasteiger partial charge in [0.1, 0.15) is 18.1 Å². The first kappa shape index (κ1) is 23.9. The van der Waals surface area contributed by atoms with Gasteiger partial charge in [-0.15, -0.1) is 0 Å². The number of quaternary nitrogens is 1. The quantitative estimate of drug-likeness (QED) is 0.408. The molecule has 0 aromatic rings. The smallest absolute Gasteiger partial charge is 0.326 e. The van der Waals surface area contributed by atoms with Crippen molar-refractivity contribution in [1.82, 2.24) is 15.5 Å². The van der Waals surface area contributed by atoms with Crippen LogP contribution in [0.2, 0.25) is 0 Å². The molecule has 0 aromatic carbocycles. The summed E-state index contributed by atoms with van der Waals surface area (Å²) in [7, 11) is 0. The molecule has 6 N–H and O–H groups in total. The fourth-order valence-corrected chi connectivity index (χ4v) is 3.22. The maximum absolute atomic E-state index is 13.1. The lowest BCUT2D eigenvalue weighted by atomic mass is 9.98. The van der Waals surface area contributed by atoms with Crippen molar-refractivity contribution < 1.29 is 30.0 Å². The second kappa shape index (κ2) is 10.4. The summed E-state index contributed by atoms with van der Waals surface area (Å²) >= 11 is 0. The van der Waals surface area contributed by atoms with Crippen LogP contribution in [0.5, 0.6) is 0 Å². The zero-order valence-electron chi connectivity index (χ0n) is 17.5. The lowest BCUT2D eigenvalue weighted by Gasteiger charge is -2.31. The molecule has 0 bridgehead atoms. The number of carboxylic acids is 1. The summed E-state index contributed by atoms with van der Waals surface area (Å²) in [4.78, 5) is 50.8. The molecule has 0 radical (unpaired) electrons. The fourth-order valence-electron chi connectivity index (χ4n) is 3.22. The van der Waals surface area contributed by atoms with Gasteiger partial charge in [-0.25, -0.2) is 4.79 Å². The van der Waals surface area contributed by atoms with Crippen LogP contribution in [0.4, 0.5) is 0 Å². The molecule has 28 heavy (non-hydrogen) atoms. The van der Waals surface area contributed by atoms with Gasteiger partial charge in [0.05, 0.1) is 0 Å².